The van der Waals surface area contributed by atoms with E-state index in [-0.39, 0.29) is 34.9 Å². The second kappa shape index (κ2) is 8.11. The van der Waals surface area contributed by atoms with Crippen molar-refractivity contribution in [3.8, 4) is 0 Å². The smallest absolute Gasteiger partial charge is 0.353 e. The van der Waals surface area contributed by atoms with E-state index in [1.807, 2.05) is 0 Å². The molecular formula is C17H17F2N5O4. The van der Waals surface area contributed by atoms with Crippen LogP contribution in [-0.2, 0) is 9.53 Å². The molecule has 9 nitrogen and oxygen atoms in total. The Bertz CT molecular complexity index is 903. The Hall–Kier alpha value is -3.37. The van der Waals surface area contributed by atoms with Gasteiger partial charge in [0.15, 0.2) is 11.6 Å². The Morgan fingerprint density at radius 2 is 2.00 bits per heavy atom. The number of nitrogens with zero attached hydrogens (tertiary/aromatic N) is 4. The molecule has 0 amide bonds. The lowest BCUT2D eigenvalue weighted by atomic mass is 9.97. The number of halogens is 2. The van der Waals surface area contributed by atoms with Gasteiger partial charge in [0, 0.05) is 24.8 Å². The average Bonchev–Trinajstić information content (AvgIpc) is 2.70. The zero-order valence-electron chi connectivity index (χ0n) is 14.9. The lowest BCUT2D eigenvalue weighted by molar-refractivity contribution is -0.383. The summed E-state index contributed by atoms with van der Waals surface area (Å²) in [5.41, 5.74) is -0.278. The van der Waals surface area contributed by atoms with E-state index in [0.717, 1.165) is 18.5 Å². The van der Waals surface area contributed by atoms with Crippen LogP contribution in [0.1, 0.15) is 12.8 Å². The van der Waals surface area contributed by atoms with Crippen LogP contribution in [-0.4, -0.2) is 41.1 Å². The molecule has 28 heavy (non-hydrogen) atoms. The third-order valence-corrected chi connectivity index (χ3v) is 4.50. The van der Waals surface area contributed by atoms with Crippen molar-refractivity contribution in [3.63, 3.8) is 0 Å². The van der Waals surface area contributed by atoms with E-state index in [0.29, 0.717) is 25.9 Å². The highest BCUT2D eigenvalue weighted by atomic mass is 19.2. The molecule has 0 aliphatic carbocycles. The highest BCUT2D eigenvalue weighted by Gasteiger charge is 2.32. The summed E-state index contributed by atoms with van der Waals surface area (Å²) in [6, 6.07) is 3.03. The first-order valence-corrected chi connectivity index (χ1v) is 8.45. The van der Waals surface area contributed by atoms with Gasteiger partial charge in [-0.3, -0.25) is 14.9 Å². The molecule has 0 atom stereocenters. The number of aromatic nitrogens is 2. The van der Waals surface area contributed by atoms with E-state index in [9.17, 15) is 23.7 Å². The molecule has 1 aliphatic rings. The number of hydrogen-bond acceptors (Lipinski definition) is 8. The van der Waals surface area contributed by atoms with E-state index in [1.54, 1.807) is 4.90 Å². The number of anilines is 3. The van der Waals surface area contributed by atoms with Gasteiger partial charge >= 0.3 is 11.7 Å². The molecular weight excluding hydrogens is 376 g/mol. The normalized spacial score (nSPS) is 14.6. The number of hydrogen-bond donors (Lipinski definition) is 1. The van der Waals surface area contributed by atoms with Crippen LogP contribution in [0.5, 0.6) is 0 Å². The Balaban J connectivity index is 1.87. The Morgan fingerprint density at radius 3 is 2.61 bits per heavy atom. The van der Waals surface area contributed by atoms with E-state index < -0.39 is 16.6 Å². The molecule has 1 aliphatic heterocycles. The number of methoxy groups -OCH3 is 1. The van der Waals surface area contributed by atoms with Crippen molar-refractivity contribution in [1.82, 2.24) is 9.97 Å². The van der Waals surface area contributed by atoms with E-state index in [4.69, 9.17) is 4.74 Å². The number of carbonyl (C=O) groups is 1. The van der Waals surface area contributed by atoms with Crippen LogP contribution in [0, 0.1) is 27.7 Å². The van der Waals surface area contributed by atoms with Crippen molar-refractivity contribution in [2.45, 2.75) is 12.8 Å². The molecule has 0 unspecified atom stereocenters. The zero-order valence-corrected chi connectivity index (χ0v) is 14.9. The summed E-state index contributed by atoms with van der Waals surface area (Å²) >= 11 is 0. The van der Waals surface area contributed by atoms with Gasteiger partial charge in [-0.2, -0.15) is 0 Å². The first-order chi connectivity index (χ1) is 13.4. The maximum atomic E-state index is 13.4. The maximum Gasteiger partial charge on any atom is 0.353 e. The molecule has 1 aromatic heterocycles. The fourth-order valence-electron chi connectivity index (χ4n) is 3.06. The van der Waals surface area contributed by atoms with Crippen LogP contribution in [0.3, 0.4) is 0 Å². The topological polar surface area (TPSA) is 110 Å². The maximum absolute atomic E-state index is 13.4. The van der Waals surface area contributed by atoms with Gasteiger partial charge in [0.05, 0.1) is 18.0 Å². The van der Waals surface area contributed by atoms with Gasteiger partial charge in [-0.15, -0.1) is 0 Å². The number of piperidine rings is 1. The van der Waals surface area contributed by atoms with Crippen LogP contribution in [0.2, 0.25) is 0 Å². The van der Waals surface area contributed by atoms with Gasteiger partial charge in [-0.05, 0) is 25.0 Å². The predicted molar refractivity (Wildman–Crippen MR) is 95.3 cm³/mol. The molecule has 0 bridgehead atoms. The number of rotatable bonds is 5. The molecule has 2 aromatic rings. The minimum atomic E-state index is -1.09. The van der Waals surface area contributed by atoms with Crippen molar-refractivity contribution >= 4 is 29.0 Å². The number of carbonyl (C=O) groups excluding carboxylic acids is 1. The summed E-state index contributed by atoms with van der Waals surface area (Å²) in [5.74, 6) is -2.74. The fourth-order valence-corrected chi connectivity index (χ4v) is 3.06. The van der Waals surface area contributed by atoms with Crippen molar-refractivity contribution in [2.24, 2.45) is 5.92 Å². The summed E-state index contributed by atoms with van der Waals surface area (Å²) in [4.78, 5) is 32.3. The Kier molecular flexibility index (Phi) is 5.62. The average molecular weight is 393 g/mol. The Morgan fingerprint density at radius 1 is 1.29 bits per heavy atom. The minimum absolute atomic E-state index is 0.0911. The molecule has 0 spiro atoms. The van der Waals surface area contributed by atoms with Gasteiger partial charge in [-0.25, -0.2) is 18.7 Å². The molecule has 1 N–H and O–H groups in total. The van der Waals surface area contributed by atoms with Crippen molar-refractivity contribution < 1.29 is 23.2 Å². The summed E-state index contributed by atoms with van der Waals surface area (Å²) in [6.45, 7) is 0.754. The van der Waals surface area contributed by atoms with Crippen molar-refractivity contribution in [3.05, 3.63) is 46.3 Å². The van der Waals surface area contributed by atoms with E-state index in [1.165, 1.54) is 13.2 Å². The van der Waals surface area contributed by atoms with Gasteiger partial charge in [0.25, 0.3) is 0 Å². The van der Waals surface area contributed by atoms with Gasteiger partial charge in [0.1, 0.15) is 6.33 Å². The fraction of sp³-hybridized carbons (Fsp3) is 0.353. The predicted octanol–water partition coefficient (Wildman–Crippen LogP) is 2.80. The first-order valence-electron chi connectivity index (χ1n) is 8.45. The molecule has 1 aromatic carbocycles. The second-order valence-electron chi connectivity index (χ2n) is 6.19. The largest absolute Gasteiger partial charge is 0.469 e. The first kappa shape index (κ1) is 19.4. The number of nitrogens with one attached hydrogen (secondary N) is 1. The third kappa shape index (κ3) is 3.97. The lowest BCUT2D eigenvalue weighted by Crippen LogP contribution is -2.37. The zero-order chi connectivity index (χ0) is 20.3. The summed E-state index contributed by atoms with van der Waals surface area (Å²) in [7, 11) is 1.32. The highest BCUT2D eigenvalue weighted by Crippen LogP contribution is 2.35. The minimum Gasteiger partial charge on any atom is -0.469 e. The molecule has 1 saturated heterocycles. The van der Waals surface area contributed by atoms with Crippen molar-refractivity contribution in [2.75, 3.05) is 30.4 Å². The molecule has 2 heterocycles. The number of esters is 1. The molecule has 0 radical (unpaired) electrons. The second-order valence-corrected chi connectivity index (χ2v) is 6.19. The molecule has 11 heteroatoms. The van der Waals surface area contributed by atoms with Crippen molar-refractivity contribution in [1.29, 1.82) is 0 Å². The van der Waals surface area contributed by atoms with Crippen LogP contribution >= 0.6 is 0 Å². The van der Waals surface area contributed by atoms with Gasteiger partial charge < -0.3 is 15.0 Å². The van der Waals surface area contributed by atoms with Crippen LogP contribution in [0.25, 0.3) is 0 Å². The summed E-state index contributed by atoms with van der Waals surface area (Å²) in [6.07, 6.45) is 2.09. The van der Waals surface area contributed by atoms with Gasteiger partial charge in [0.2, 0.25) is 11.6 Å². The van der Waals surface area contributed by atoms with Crippen LogP contribution < -0.4 is 10.2 Å². The van der Waals surface area contributed by atoms with Gasteiger partial charge in [-0.1, -0.05) is 0 Å². The molecule has 0 saturated carbocycles. The number of ether oxygens (including phenoxy) is 1. The summed E-state index contributed by atoms with van der Waals surface area (Å²) in [5, 5.41) is 14.3. The number of nitro groups is 1. The highest BCUT2D eigenvalue weighted by molar-refractivity contribution is 5.75. The molecule has 3 rings (SSSR count). The lowest BCUT2D eigenvalue weighted by Gasteiger charge is -2.31. The number of benzene rings is 1. The SMILES string of the molecule is COC(=O)C1CCN(c2ncnc(Nc3ccc(F)c(F)c3)c2[N+](=O)[O-])CC1. The monoisotopic (exact) mass is 393 g/mol. The van der Waals surface area contributed by atoms with Crippen LogP contribution in [0.4, 0.5) is 31.8 Å². The summed E-state index contributed by atoms with van der Waals surface area (Å²) < 4.78 is 31.2. The standard InChI is InChI=1S/C17H17F2N5O4/c1-28-17(25)10-4-6-23(7-5-10)16-14(24(26)27)15(20-9-21-16)22-11-2-3-12(18)13(19)8-11/h2-3,8-10H,4-7H2,1H3,(H,20,21,22). The molecule has 148 valence electrons. The quantitative estimate of drug-likeness (QED) is 0.469. The van der Waals surface area contributed by atoms with E-state index in [2.05, 4.69) is 15.3 Å². The third-order valence-electron chi connectivity index (χ3n) is 4.50. The van der Waals surface area contributed by atoms with E-state index >= 15 is 0 Å². The van der Waals surface area contributed by atoms with Crippen LogP contribution in [0.15, 0.2) is 24.5 Å². The molecule has 1 fully saturated rings. The Labute approximate surface area is 158 Å².